The maximum Gasteiger partial charge on any atom is 0.412 e. The lowest BCUT2D eigenvalue weighted by molar-refractivity contribution is 0.0636. The minimum absolute atomic E-state index is 0.458. The zero-order chi connectivity index (χ0) is 15.3. The smallest absolute Gasteiger partial charge is 0.412 e. The largest absolute Gasteiger partial charge is 0.444 e. The van der Waals surface area contributed by atoms with E-state index in [1.807, 2.05) is 45.0 Å². The molecule has 1 aromatic carbocycles. The topological polar surface area (TPSA) is 79.0 Å². The average molecular weight is 288 g/mol. The molecule has 1 aromatic heterocycles. The van der Waals surface area contributed by atoms with Crippen LogP contribution in [0, 0.1) is 0 Å². The maximum absolute atomic E-state index is 11.6. The predicted octanol–water partition coefficient (Wildman–Crippen LogP) is 3.37. The maximum atomic E-state index is 11.6. The van der Waals surface area contributed by atoms with Crippen LogP contribution in [0.25, 0.3) is 0 Å². The molecule has 6 nitrogen and oxygen atoms in total. The van der Waals surface area contributed by atoms with Crippen LogP contribution in [0.15, 0.2) is 36.8 Å². The number of carbonyl (C=O) groups is 1. The minimum atomic E-state index is -0.504. The van der Waals surface area contributed by atoms with Gasteiger partial charge in [-0.1, -0.05) is 0 Å². The molecule has 2 rings (SSSR count). The Morgan fingerprint density at radius 1 is 1.24 bits per heavy atom. The molecule has 0 bridgehead atoms. The minimum Gasteiger partial charge on any atom is -0.444 e. The van der Waals surface area contributed by atoms with Crippen molar-refractivity contribution in [2.45, 2.75) is 32.9 Å². The number of nitrogens with one attached hydrogen (secondary N) is 3. The van der Waals surface area contributed by atoms with Gasteiger partial charge in [0.1, 0.15) is 5.60 Å². The van der Waals surface area contributed by atoms with Crippen molar-refractivity contribution in [3.05, 3.63) is 42.5 Å². The summed E-state index contributed by atoms with van der Waals surface area (Å²) in [6.07, 6.45) is 2.96. The number of benzene rings is 1. The summed E-state index contributed by atoms with van der Waals surface area (Å²) in [5.74, 6) is 0. The molecule has 1 heterocycles. The molecular weight excluding hydrogens is 268 g/mol. The Labute approximate surface area is 123 Å². The van der Waals surface area contributed by atoms with Gasteiger partial charge in [0.25, 0.3) is 0 Å². The first-order chi connectivity index (χ1) is 9.92. The van der Waals surface area contributed by atoms with Gasteiger partial charge in [0.15, 0.2) is 0 Å². The van der Waals surface area contributed by atoms with E-state index in [1.165, 1.54) is 0 Å². The first kappa shape index (κ1) is 14.9. The Bertz CT molecular complexity index is 571. The van der Waals surface area contributed by atoms with Gasteiger partial charge < -0.3 is 15.0 Å². The summed E-state index contributed by atoms with van der Waals surface area (Å²) in [7, 11) is 0. The van der Waals surface area contributed by atoms with Gasteiger partial charge in [-0.15, -0.1) is 0 Å². The van der Waals surface area contributed by atoms with Crippen LogP contribution < -0.4 is 10.6 Å². The van der Waals surface area contributed by atoms with Gasteiger partial charge in [0.2, 0.25) is 0 Å². The second-order valence-electron chi connectivity index (χ2n) is 5.63. The lowest BCUT2D eigenvalue weighted by Crippen LogP contribution is -2.27. The molecule has 0 aliphatic rings. The van der Waals surface area contributed by atoms with Crippen LogP contribution in [0.5, 0.6) is 0 Å². The normalized spacial score (nSPS) is 11.0. The number of anilines is 2. The molecule has 1 amide bonds. The third kappa shape index (κ3) is 5.18. The van der Waals surface area contributed by atoms with Gasteiger partial charge in [-0.25, -0.2) is 9.78 Å². The SMILES string of the molecule is CC(C)(C)OC(=O)Nc1ccc(NCc2cnc[nH]2)cc1. The van der Waals surface area contributed by atoms with E-state index in [9.17, 15) is 4.79 Å². The van der Waals surface area contributed by atoms with Crippen molar-refractivity contribution < 1.29 is 9.53 Å². The molecule has 0 aliphatic heterocycles. The fraction of sp³-hybridized carbons (Fsp3) is 0.333. The van der Waals surface area contributed by atoms with E-state index in [0.717, 1.165) is 11.4 Å². The standard InChI is InChI=1S/C15H20N4O2/c1-15(2,3)21-14(20)19-12-6-4-11(5-7-12)17-9-13-8-16-10-18-13/h4-8,10,17H,9H2,1-3H3,(H,16,18)(H,19,20). The summed E-state index contributed by atoms with van der Waals surface area (Å²) in [5, 5.41) is 5.94. The number of H-pyrrole nitrogens is 1. The van der Waals surface area contributed by atoms with E-state index in [1.54, 1.807) is 12.5 Å². The van der Waals surface area contributed by atoms with E-state index in [2.05, 4.69) is 20.6 Å². The van der Waals surface area contributed by atoms with Gasteiger partial charge >= 0.3 is 6.09 Å². The summed E-state index contributed by atoms with van der Waals surface area (Å²) in [6, 6.07) is 7.42. The highest BCUT2D eigenvalue weighted by Crippen LogP contribution is 2.15. The summed E-state index contributed by atoms with van der Waals surface area (Å²) in [5.41, 5.74) is 2.15. The highest BCUT2D eigenvalue weighted by molar-refractivity contribution is 5.85. The molecule has 0 saturated heterocycles. The monoisotopic (exact) mass is 288 g/mol. The molecule has 0 radical (unpaired) electrons. The van der Waals surface area contributed by atoms with Crippen LogP contribution in [0.3, 0.4) is 0 Å². The third-order valence-corrected chi connectivity index (χ3v) is 2.57. The Kier molecular flexibility index (Phi) is 4.47. The van der Waals surface area contributed by atoms with Crippen molar-refractivity contribution in [2.75, 3.05) is 10.6 Å². The number of aromatic amines is 1. The van der Waals surface area contributed by atoms with Gasteiger partial charge in [-0.2, -0.15) is 0 Å². The fourth-order valence-electron chi connectivity index (χ4n) is 1.67. The number of nitrogens with zero attached hydrogens (tertiary/aromatic N) is 1. The van der Waals surface area contributed by atoms with E-state index < -0.39 is 11.7 Å². The second kappa shape index (κ2) is 6.30. The lowest BCUT2D eigenvalue weighted by atomic mass is 10.2. The molecule has 0 saturated carbocycles. The number of hydrogen-bond donors (Lipinski definition) is 3. The molecule has 6 heteroatoms. The highest BCUT2D eigenvalue weighted by Gasteiger charge is 2.15. The number of aromatic nitrogens is 2. The van der Waals surface area contributed by atoms with E-state index in [0.29, 0.717) is 12.2 Å². The molecule has 112 valence electrons. The first-order valence-corrected chi connectivity index (χ1v) is 6.73. The first-order valence-electron chi connectivity index (χ1n) is 6.73. The van der Waals surface area contributed by atoms with Gasteiger partial charge in [0, 0.05) is 17.6 Å². The molecule has 0 atom stereocenters. The number of hydrogen-bond acceptors (Lipinski definition) is 4. The molecule has 3 N–H and O–H groups in total. The van der Waals surface area contributed by atoms with Crippen LogP contribution >= 0.6 is 0 Å². The molecule has 0 spiro atoms. The van der Waals surface area contributed by atoms with Crippen molar-refractivity contribution in [2.24, 2.45) is 0 Å². The van der Waals surface area contributed by atoms with Crippen molar-refractivity contribution in [1.82, 2.24) is 9.97 Å². The van der Waals surface area contributed by atoms with Crippen LogP contribution in [0.1, 0.15) is 26.5 Å². The lowest BCUT2D eigenvalue weighted by Gasteiger charge is -2.19. The summed E-state index contributed by atoms with van der Waals surface area (Å²) < 4.78 is 5.19. The van der Waals surface area contributed by atoms with Crippen LogP contribution in [0.2, 0.25) is 0 Å². The highest BCUT2D eigenvalue weighted by atomic mass is 16.6. The molecule has 2 aromatic rings. The van der Waals surface area contributed by atoms with Gasteiger partial charge in [0.05, 0.1) is 18.6 Å². The van der Waals surface area contributed by atoms with Crippen molar-refractivity contribution >= 4 is 17.5 Å². The zero-order valence-corrected chi connectivity index (χ0v) is 12.4. The van der Waals surface area contributed by atoms with E-state index >= 15 is 0 Å². The summed E-state index contributed by atoms with van der Waals surface area (Å²) >= 11 is 0. The van der Waals surface area contributed by atoms with Crippen molar-refractivity contribution in [3.8, 4) is 0 Å². The van der Waals surface area contributed by atoms with Crippen LogP contribution in [0.4, 0.5) is 16.2 Å². The molecule has 0 aliphatic carbocycles. The quantitative estimate of drug-likeness (QED) is 0.806. The number of imidazole rings is 1. The summed E-state index contributed by atoms with van der Waals surface area (Å²) in [6.45, 7) is 6.15. The van der Waals surface area contributed by atoms with Crippen molar-refractivity contribution in [3.63, 3.8) is 0 Å². The van der Waals surface area contributed by atoms with Crippen molar-refractivity contribution in [1.29, 1.82) is 0 Å². The van der Waals surface area contributed by atoms with Gasteiger partial charge in [-0.3, -0.25) is 5.32 Å². The Hall–Kier alpha value is -2.50. The zero-order valence-electron chi connectivity index (χ0n) is 12.4. The van der Waals surface area contributed by atoms with E-state index in [-0.39, 0.29) is 0 Å². The molecular formula is C15H20N4O2. The Morgan fingerprint density at radius 2 is 1.90 bits per heavy atom. The number of amides is 1. The average Bonchev–Trinajstić information content (AvgIpc) is 2.89. The predicted molar refractivity (Wildman–Crippen MR) is 82.2 cm³/mol. The van der Waals surface area contributed by atoms with Crippen LogP contribution in [-0.4, -0.2) is 21.7 Å². The number of rotatable bonds is 4. The Morgan fingerprint density at radius 3 is 2.48 bits per heavy atom. The Balaban J connectivity index is 1.85. The van der Waals surface area contributed by atoms with Crippen LogP contribution in [-0.2, 0) is 11.3 Å². The molecule has 0 fully saturated rings. The van der Waals surface area contributed by atoms with Gasteiger partial charge in [-0.05, 0) is 45.0 Å². The number of carbonyl (C=O) groups excluding carboxylic acids is 1. The molecule has 21 heavy (non-hydrogen) atoms. The summed E-state index contributed by atoms with van der Waals surface area (Å²) in [4.78, 5) is 18.6. The molecule has 0 unspecified atom stereocenters. The second-order valence-corrected chi connectivity index (χ2v) is 5.63. The number of ether oxygens (including phenoxy) is 1. The fourth-order valence-corrected chi connectivity index (χ4v) is 1.67. The van der Waals surface area contributed by atoms with E-state index in [4.69, 9.17) is 4.74 Å². The third-order valence-electron chi connectivity index (χ3n) is 2.57.